The van der Waals surface area contributed by atoms with Crippen molar-refractivity contribution in [2.24, 2.45) is 5.10 Å². The lowest BCUT2D eigenvalue weighted by Crippen LogP contribution is -2.19. The number of hydrogen-bond donors (Lipinski definition) is 1. The van der Waals surface area contributed by atoms with Crippen molar-refractivity contribution in [3.63, 3.8) is 0 Å². The molecule has 1 heterocycles. The Labute approximate surface area is 193 Å². The second kappa shape index (κ2) is 10.3. The zero-order valence-corrected chi connectivity index (χ0v) is 18.6. The lowest BCUT2D eigenvalue weighted by Gasteiger charge is -2.12. The minimum atomic E-state index is -0.291. The van der Waals surface area contributed by atoms with Crippen LogP contribution in [0.4, 0.5) is 0 Å². The van der Waals surface area contributed by atoms with E-state index in [4.69, 9.17) is 9.47 Å². The van der Waals surface area contributed by atoms with Crippen molar-refractivity contribution < 1.29 is 14.3 Å². The summed E-state index contributed by atoms with van der Waals surface area (Å²) < 4.78 is 13.3. The Kier molecular flexibility index (Phi) is 6.85. The summed E-state index contributed by atoms with van der Waals surface area (Å²) in [6.45, 7) is 2.51. The van der Waals surface area contributed by atoms with Crippen LogP contribution in [-0.2, 0) is 6.61 Å². The van der Waals surface area contributed by atoms with Crippen LogP contribution >= 0.6 is 0 Å². The summed E-state index contributed by atoms with van der Waals surface area (Å²) in [5, 5.41) is 4.12. The largest absolute Gasteiger partial charge is 0.493 e. The maximum absolute atomic E-state index is 12.7. The number of carbonyl (C=O) groups is 1. The van der Waals surface area contributed by atoms with E-state index in [0.717, 1.165) is 16.8 Å². The lowest BCUT2D eigenvalue weighted by molar-refractivity contribution is 0.0955. The zero-order chi connectivity index (χ0) is 23.0. The van der Waals surface area contributed by atoms with Gasteiger partial charge in [-0.25, -0.2) is 5.43 Å². The van der Waals surface area contributed by atoms with Crippen LogP contribution < -0.4 is 14.9 Å². The second-order valence-corrected chi connectivity index (χ2v) is 7.43. The van der Waals surface area contributed by atoms with Gasteiger partial charge in [-0.1, -0.05) is 36.4 Å². The van der Waals surface area contributed by atoms with Gasteiger partial charge in [-0.2, -0.15) is 5.10 Å². The molecular weight excluding hydrogens is 414 g/mol. The summed E-state index contributed by atoms with van der Waals surface area (Å²) in [7, 11) is 1.59. The van der Waals surface area contributed by atoms with Crippen LogP contribution in [0.15, 0.2) is 96.4 Å². The molecule has 0 aliphatic carbocycles. The van der Waals surface area contributed by atoms with Gasteiger partial charge in [0.05, 0.1) is 24.6 Å². The highest BCUT2D eigenvalue weighted by molar-refractivity contribution is 5.98. The smallest absolute Gasteiger partial charge is 0.273 e. The summed E-state index contributed by atoms with van der Waals surface area (Å²) in [6.07, 6.45) is 5.36. The molecule has 0 unspecified atom stereocenters. The van der Waals surface area contributed by atoms with E-state index in [9.17, 15) is 4.79 Å². The minimum absolute atomic E-state index is 0.291. The first-order chi connectivity index (χ1) is 16.2. The van der Waals surface area contributed by atoms with Crippen molar-refractivity contribution in [1.29, 1.82) is 0 Å². The Morgan fingerprint density at radius 2 is 1.73 bits per heavy atom. The van der Waals surface area contributed by atoms with Gasteiger partial charge >= 0.3 is 0 Å². The van der Waals surface area contributed by atoms with Crippen LogP contribution in [0.25, 0.3) is 5.69 Å². The van der Waals surface area contributed by atoms with Crippen molar-refractivity contribution in [3.8, 4) is 17.2 Å². The topological polar surface area (TPSA) is 64.8 Å². The molecule has 0 saturated heterocycles. The number of carbonyl (C=O) groups excluding carboxylic acids is 1. The van der Waals surface area contributed by atoms with Crippen molar-refractivity contribution in [3.05, 3.63) is 114 Å². The third kappa shape index (κ3) is 5.30. The highest BCUT2D eigenvalue weighted by atomic mass is 16.5. The van der Waals surface area contributed by atoms with E-state index in [1.165, 1.54) is 5.56 Å². The van der Waals surface area contributed by atoms with Crippen LogP contribution in [-0.4, -0.2) is 23.8 Å². The number of ether oxygens (including phenoxy) is 2. The number of nitrogens with one attached hydrogen (secondary N) is 1. The molecule has 4 aromatic rings. The number of rotatable bonds is 8. The van der Waals surface area contributed by atoms with Crippen molar-refractivity contribution in [1.82, 2.24) is 9.99 Å². The molecule has 1 amide bonds. The van der Waals surface area contributed by atoms with Gasteiger partial charge in [0.25, 0.3) is 5.91 Å². The molecule has 166 valence electrons. The molecule has 0 aliphatic rings. The number of para-hydroxylation sites is 1. The van der Waals surface area contributed by atoms with E-state index >= 15 is 0 Å². The number of aryl methyl sites for hydroxylation is 1. The fraction of sp³-hybridized carbons (Fsp3) is 0.111. The van der Waals surface area contributed by atoms with Gasteiger partial charge in [0.1, 0.15) is 6.61 Å². The number of aromatic nitrogens is 1. The highest BCUT2D eigenvalue weighted by Gasteiger charge is 2.11. The molecule has 0 fully saturated rings. The molecule has 4 rings (SSSR count). The quantitative estimate of drug-likeness (QED) is 0.306. The molecule has 0 bridgehead atoms. The predicted molar refractivity (Wildman–Crippen MR) is 129 cm³/mol. The van der Waals surface area contributed by atoms with Gasteiger partial charge in [0.2, 0.25) is 0 Å². The summed E-state index contributed by atoms with van der Waals surface area (Å²) in [5.74, 6) is 0.945. The van der Waals surface area contributed by atoms with E-state index in [-0.39, 0.29) is 5.91 Å². The second-order valence-electron chi connectivity index (χ2n) is 7.43. The van der Waals surface area contributed by atoms with Gasteiger partial charge in [-0.3, -0.25) is 4.79 Å². The van der Waals surface area contributed by atoms with Crippen molar-refractivity contribution >= 4 is 12.1 Å². The number of hydrogen-bond acceptors (Lipinski definition) is 4. The maximum atomic E-state index is 12.7. The number of methoxy groups -OCH3 is 1. The first kappa shape index (κ1) is 21.9. The van der Waals surface area contributed by atoms with Crippen molar-refractivity contribution in [2.45, 2.75) is 13.5 Å². The van der Waals surface area contributed by atoms with Crippen molar-refractivity contribution in [2.75, 3.05) is 7.11 Å². The zero-order valence-electron chi connectivity index (χ0n) is 18.6. The Morgan fingerprint density at radius 1 is 0.970 bits per heavy atom. The van der Waals surface area contributed by atoms with Crippen LogP contribution in [0.5, 0.6) is 11.5 Å². The van der Waals surface area contributed by atoms with E-state index in [2.05, 4.69) is 23.5 Å². The van der Waals surface area contributed by atoms with Crippen LogP contribution in [0, 0.1) is 6.92 Å². The molecular formula is C27H25N3O3. The van der Waals surface area contributed by atoms with Gasteiger partial charge in [-0.05, 0) is 66.1 Å². The summed E-state index contributed by atoms with van der Waals surface area (Å²) in [5.41, 5.74) is 6.98. The average Bonchev–Trinajstić information content (AvgIpc) is 3.39. The van der Waals surface area contributed by atoms with Gasteiger partial charge in [0, 0.05) is 12.4 Å². The summed E-state index contributed by atoms with van der Waals surface area (Å²) >= 11 is 0. The maximum Gasteiger partial charge on any atom is 0.273 e. The average molecular weight is 440 g/mol. The number of benzene rings is 3. The molecule has 1 N–H and O–H groups in total. The number of amides is 1. The molecule has 0 radical (unpaired) electrons. The van der Waals surface area contributed by atoms with Gasteiger partial charge in [0.15, 0.2) is 11.5 Å². The molecule has 33 heavy (non-hydrogen) atoms. The third-order valence-electron chi connectivity index (χ3n) is 5.24. The third-order valence-corrected chi connectivity index (χ3v) is 5.24. The normalized spacial score (nSPS) is 10.8. The Balaban J connectivity index is 1.43. The Hall–Kier alpha value is -4.32. The monoisotopic (exact) mass is 439 g/mol. The van der Waals surface area contributed by atoms with Gasteiger partial charge < -0.3 is 14.0 Å². The van der Waals surface area contributed by atoms with E-state index in [1.54, 1.807) is 19.4 Å². The Morgan fingerprint density at radius 3 is 2.52 bits per heavy atom. The fourth-order valence-electron chi connectivity index (χ4n) is 3.42. The molecule has 1 aromatic heterocycles. The lowest BCUT2D eigenvalue weighted by atomic mass is 10.1. The van der Waals surface area contributed by atoms with E-state index in [0.29, 0.717) is 23.7 Å². The minimum Gasteiger partial charge on any atom is -0.493 e. The first-order valence-electron chi connectivity index (χ1n) is 10.6. The van der Waals surface area contributed by atoms with Crippen LogP contribution in [0.3, 0.4) is 0 Å². The molecule has 6 nitrogen and oxygen atoms in total. The number of nitrogens with zero attached hydrogens (tertiary/aromatic N) is 2. The Bertz CT molecular complexity index is 1260. The highest BCUT2D eigenvalue weighted by Crippen LogP contribution is 2.28. The first-order valence-corrected chi connectivity index (χ1v) is 10.6. The molecule has 3 aromatic carbocycles. The molecule has 0 saturated carbocycles. The number of hydrazone groups is 1. The molecule has 0 spiro atoms. The molecule has 0 aliphatic heterocycles. The van der Waals surface area contributed by atoms with Crippen LogP contribution in [0.1, 0.15) is 27.0 Å². The summed E-state index contributed by atoms with van der Waals surface area (Å²) in [6, 6.07) is 24.8. The van der Waals surface area contributed by atoms with E-state index in [1.807, 2.05) is 83.7 Å². The SMILES string of the molecule is COc1cc(/C=N/NC(=O)c2ccccc2-n2cccc2)ccc1OCc1ccccc1C. The molecule has 0 atom stereocenters. The summed E-state index contributed by atoms with van der Waals surface area (Å²) in [4.78, 5) is 12.7. The van der Waals surface area contributed by atoms with E-state index < -0.39 is 0 Å². The van der Waals surface area contributed by atoms with Crippen LogP contribution in [0.2, 0.25) is 0 Å². The fourth-order valence-corrected chi connectivity index (χ4v) is 3.42. The predicted octanol–water partition coefficient (Wildman–Crippen LogP) is 5.14. The molecule has 6 heteroatoms. The standard InChI is InChI=1S/C27H25N3O3/c1-20-9-3-4-10-22(20)19-33-25-14-13-21(17-26(25)32-2)18-28-29-27(31)23-11-5-6-12-24(23)30-15-7-8-16-30/h3-18H,19H2,1-2H3,(H,29,31)/b28-18+. The van der Waals surface area contributed by atoms with Gasteiger partial charge in [-0.15, -0.1) is 0 Å².